The molecule has 0 aromatic heterocycles. The maximum absolute atomic E-state index is 10.9. The summed E-state index contributed by atoms with van der Waals surface area (Å²) in [7, 11) is 1.67. The number of rotatable bonds is 4. The van der Waals surface area contributed by atoms with E-state index in [2.05, 4.69) is 6.07 Å². The van der Waals surface area contributed by atoms with E-state index in [9.17, 15) is 4.79 Å². The van der Waals surface area contributed by atoms with E-state index in [0.29, 0.717) is 6.61 Å². The van der Waals surface area contributed by atoms with Gasteiger partial charge in [0, 0.05) is 13.5 Å². The van der Waals surface area contributed by atoms with Gasteiger partial charge in [-0.1, -0.05) is 12.1 Å². The number of ether oxygens (including phenoxy) is 2. The van der Waals surface area contributed by atoms with E-state index in [1.54, 1.807) is 20.1 Å². The summed E-state index contributed by atoms with van der Waals surface area (Å²) in [6, 6.07) is 5.96. The summed E-state index contributed by atoms with van der Waals surface area (Å²) in [5.74, 6) is 0.978. The predicted octanol–water partition coefficient (Wildman–Crippen LogP) is 2.24. The zero-order valence-corrected chi connectivity index (χ0v) is 10.1. The first-order valence-electron chi connectivity index (χ1n) is 5.66. The summed E-state index contributed by atoms with van der Waals surface area (Å²) in [5.41, 5.74) is 2.21. The Kier molecular flexibility index (Phi) is 3.59. The predicted molar refractivity (Wildman–Crippen MR) is 66.2 cm³/mol. The van der Waals surface area contributed by atoms with Crippen LogP contribution >= 0.6 is 0 Å². The first-order valence-corrected chi connectivity index (χ1v) is 5.66. The monoisotopic (exact) mass is 232 g/mol. The SMILES string of the molecule is COCC1Cc2cc(/C=C/C(C)=O)ccc2O1. The van der Waals surface area contributed by atoms with Crippen molar-refractivity contribution in [2.45, 2.75) is 19.4 Å². The fourth-order valence-corrected chi connectivity index (χ4v) is 1.94. The minimum Gasteiger partial charge on any atom is -0.487 e. The summed E-state index contributed by atoms with van der Waals surface area (Å²) < 4.78 is 10.8. The molecule has 1 heterocycles. The zero-order valence-electron chi connectivity index (χ0n) is 10.1. The Hall–Kier alpha value is -1.61. The van der Waals surface area contributed by atoms with Crippen LogP contribution in [0, 0.1) is 0 Å². The molecule has 1 aromatic rings. The molecular weight excluding hydrogens is 216 g/mol. The molecule has 0 saturated carbocycles. The Bertz CT molecular complexity index is 449. The number of ketones is 1. The molecule has 3 nitrogen and oxygen atoms in total. The fraction of sp³-hybridized carbons (Fsp3) is 0.357. The normalized spacial score (nSPS) is 18.1. The fourth-order valence-electron chi connectivity index (χ4n) is 1.94. The van der Waals surface area contributed by atoms with Gasteiger partial charge < -0.3 is 9.47 Å². The van der Waals surface area contributed by atoms with Crippen LogP contribution in [0.1, 0.15) is 18.1 Å². The van der Waals surface area contributed by atoms with Crippen molar-refractivity contribution in [3.63, 3.8) is 0 Å². The van der Waals surface area contributed by atoms with Crippen LogP contribution in [0.3, 0.4) is 0 Å². The number of hydrogen-bond acceptors (Lipinski definition) is 3. The maximum atomic E-state index is 10.9. The highest BCUT2D eigenvalue weighted by molar-refractivity contribution is 5.91. The lowest BCUT2D eigenvalue weighted by Gasteiger charge is -2.07. The molecule has 2 rings (SSSR count). The van der Waals surface area contributed by atoms with E-state index in [4.69, 9.17) is 9.47 Å². The van der Waals surface area contributed by atoms with Crippen molar-refractivity contribution in [2.24, 2.45) is 0 Å². The van der Waals surface area contributed by atoms with Gasteiger partial charge in [-0.05, 0) is 36.3 Å². The molecular formula is C14H16O3. The minimum atomic E-state index is 0.0546. The average Bonchev–Trinajstić information content (AvgIpc) is 2.68. The van der Waals surface area contributed by atoms with Crippen molar-refractivity contribution in [3.05, 3.63) is 35.4 Å². The van der Waals surface area contributed by atoms with Gasteiger partial charge >= 0.3 is 0 Å². The van der Waals surface area contributed by atoms with Crippen LogP contribution < -0.4 is 4.74 Å². The largest absolute Gasteiger partial charge is 0.487 e. The number of allylic oxidation sites excluding steroid dienone is 1. The maximum Gasteiger partial charge on any atom is 0.152 e. The first kappa shape index (κ1) is 11.9. The Balaban J connectivity index is 2.12. The van der Waals surface area contributed by atoms with Crippen LogP contribution in [0.15, 0.2) is 24.3 Å². The third-order valence-electron chi connectivity index (χ3n) is 2.69. The molecule has 3 heteroatoms. The van der Waals surface area contributed by atoms with Crippen LogP contribution in [0.2, 0.25) is 0 Å². The molecule has 0 aliphatic carbocycles. The third kappa shape index (κ3) is 2.94. The van der Waals surface area contributed by atoms with E-state index in [1.807, 2.05) is 18.2 Å². The minimum absolute atomic E-state index is 0.0546. The molecule has 0 fully saturated rings. The second kappa shape index (κ2) is 5.15. The lowest BCUT2D eigenvalue weighted by molar-refractivity contribution is -0.112. The van der Waals surface area contributed by atoms with E-state index < -0.39 is 0 Å². The van der Waals surface area contributed by atoms with Gasteiger partial charge in [0.1, 0.15) is 11.9 Å². The van der Waals surface area contributed by atoms with Gasteiger partial charge in [0.15, 0.2) is 5.78 Å². The van der Waals surface area contributed by atoms with Crippen molar-refractivity contribution >= 4 is 11.9 Å². The van der Waals surface area contributed by atoms with Crippen LogP contribution in [-0.4, -0.2) is 25.6 Å². The van der Waals surface area contributed by atoms with Gasteiger partial charge in [-0.25, -0.2) is 0 Å². The van der Waals surface area contributed by atoms with Gasteiger partial charge in [-0.2, -0.15) is 0 Å². The van der Waals surface area contributed by atoms with Crippen LogP contribution in [-0.2, 0) is 16.0 Å². The zero-order chi connectivity index (χ0) is 12.3. The van der Waals surface area contributed by atoms with Gasteiger partial charge in [-0.3, -0.25) is 4.79 Å². The van der Waals surface area contributed by atoms with Crippen molar-refractivity contribution in [3.8, 4) is 5.75 Å². The van der Waals surface area contributed by atoms with Gasteiger partial charge in [0.2, 0.25) is 0 Å². The van der Waals surface area contributed by atoms with E-state index in [1.165, 1.54) is 5.56 Å². The molecule has 1 aliphatic rings. The van der Waals surface area contributed by atoms with Crippen LogP contribution in [0.25, 0.3) is 6.08 Å². The second-order valence-corrected chi connectivity index (χ2v) is 4.21. The summed E-state index contributed by atoms with van der Waals surface area (Å²) in [6.45, 7) is 2.15. The van der Waals surface area contributed by atoms with Crippen molar-refractivity contribution in [1.29, 1.82) is 0 Å². The highest BCUT2D eigenvalue weighted by Crippen LogP contribution is 2.30. The highest BCUT2D eigenvalue weighted by Gasteiger charge is 2.22. The molecule has 17 heavy (non-hydrogen) atoms. The molecule has 0 spiro atoms. The van der Waals surface area contributed by atoms with Crippen molar-refractivity contribution < 1.29 is 14.3 Å². The Labute approximate surface area is 101 Å². The Morgan fingerprint density at radius 2 is 2.41 bits per heavy atom. The average molecular weight is 232 g/mol. The molecule has 0 N–H and O–H groups in total. The molecule has 1 aliphatic heterocycles. The topological polar surface area (TPSA) is 35.5 Å². The number of benzene rings is 1. The lowest BCUT2D eigenvalue weighted by Crippen LogP contribution is -2.19. The number of hydrogen-bond donors (Lipinski definition) is 0. The number of fused-ring (bicyclic) bond motifs is 1. The summed E-state index contributed by atoms with van der Waals surface area (Å²) in [6.07, 6.45) is 4.38. The van der Waals surface area contributed by atoms with Gasteiger partial charge in [-0.15, -0.1) is 0 Å². The first-order chi connectivity index (χ1) is 8.19. The summed E-state index contributed by atoms with van der Waals surface area (Å²) in [4.78, 5) is 10.9. The number of carbonyl (C=O) groups excluding carboxylic acids is 1. The van der Waals surface area contributed by atoms with E-state index in [-0.39, 0.29) is 11.9 Å². The second-order valence-electron chi connectivity index (χ2n) is 4.21. The molecule has 0 amide bonds. The number of carbonyl (C=O) groups is 1. The van der Waals surface area contributed by atoms with Gasteiger partial charge in [0.05, 0.1) is 6.61 Å². The smallest absolute Gasteiger partial charge is 0.152 e. The quantitative estimate of drug-likeness (QED) is 0.747. The standard InChI is InChI=1S/C14H16O3/c1-10(15)3-4-11-5-6-14-12(7-11)8-13(17-14)9-16-2/h3-7,13H,8-9H2,1-2H3/b4-3+. The van der Waals surface area contributed by atoms with Crippen LogP contribution in [0.5, 0.6) is 5.75 Å². The molecule has 1 atom stereocenters. The Morgan fingerprint density at radius 3 is 3.12 bits per heavy atom. The van der Waals surface area contributed by atoms with Gasteiger partial charge in [0.25, 0.3) is 0 Å². The Morgan fingerprint density at radius 1 is 1.59 bits per heavy atom. The van der Waals surface area contributed by atoms with E-state index in [0.717, 1.165) is 17.7 Å². The lowest BCUT2D eigenvalue weighted by atomic mass is 10.1. The van der Waals surface area contributed by atoms with E-state index >= 15 is 0 Å². The molecule has 0 saturated heterocycles. The number of methoxy groups -OCH3 is 1. The molecule has 1 unspecified atom stereocenters. The molecule has 1 aromatic carbocycles. The summed E-state index contributed by atoms with van der Waals surface area (Å²) >= 11 is 0. The molecule has 90 valence electrons. The summed E-state index contributed by atoms with van der Waals surface area (Å²) in [5, 5.41) is 0. The molecule has 0 bridgehead atoms. The van der Waals surface area contributed by atoms with Crippen molar-refractivity contribution in [1.82, 2.24) is 0 Å². The third-order valence-corrected chi connectivity index (χ3v) is 2.69. The van der Waals surface area contributed by atoms with Crippen LogP contribution in [0.4, 0.5) is 0 Å². The molecule has 0 radical (unpaired) electrons. The van der Waals surface area contributed by atoms with Crippen molar-refractivity contribution in [2.75, 3.05) is 13.7 Å². The highest BCUT2D eigenvalue weighted by atomic mass is 16.5.